The van der Waals surface area contributed by atoms with E-state index in [9.17, 15) is 9.90 Å². The van der Waals surface area contributed by atoms with Crippen LogP contribution in [0, 0.1) is 0 Å². The third-order valence-electron chi connectivity index (χ3n) is 4.30. The van der Waals surface area contributed by atoms with Crippen molar-refractivity contribution < 1.29 is 9.90 Å². The minimum absolute atomic E-state index is 0.233. The van der Waals surface area contributed by atoms with Gasteiger partial charge in [0.1, 0.15) is 0 Å². The summed E-state index contributed by atoms with van der Waals surface area (Å²) in [5.41, 5.74) is 3.50. The molecule has 4 heteroatoms. The van der Waals surface area contributed by atoms with Crippen LogP contribution in [0.4, 0.5) is 0 Å². The van der Waals surface area contributed by atoms with Gasteiger partial charge in [-0.1, -0.05) is 78.3 Å². The van der Waals surface area contributed by atoms with Crippen molar-refractivity contribution >= 4 is 28.5 Å². The van der Waals surface area contributed by atoms with Crippen LogP contribution in [0.3, 0.4) is 0 Å². The number of para-hydroxylation sites is 1. The zero-order valence-corrected chi connectivity index (χ0v) is 14.4. The smallest absolute Gasteiger partial charge is 0.337 e. The number of hydrogen-bond donors (Lipinski definition) is 1. The molecular weight excluding hydrogens is 346 g/mol. The molecule has 0 aliphatic carbocycles. The predicted octanol–water partition coefficient (Wildman–Crippen LogP) is 5.92. The fourth-order valence-electron chi connectivity index (χ4n) is 3.17. The van der Waals surface area contributed by atoms with E-state index >= 15 is 0 Å². The van der Waals surface area contributed by atoms with E-state index in [-0.39, 0.29) is 5.56 Å². The van der Waals surface area contributed by atoms with Gasteiger partial charge in [0.15, 0.2) is 0 Å². The average molecular weight is 360 g/mol. The van der Waals surface area contributed by atoms with Gasteiger partial charge in [0.05, 0.1) is 16.8 Å². The van der Waals surface area contributed by atoms with Gasteiger partial charge in [0.2, 0.25) is 0 Å². The molecule has 0 amide bonds. The van der Waals surface area contributed by atoms with Crippen molar-refractivity contribution in [1.29, 1.82) is 0 Å². The van der Waals surface area contributed by atoms with Crippen LogP contribution in [0.15, 0.2) is 78.9 Å². The van der Waals surface area contributed by atoms with Gasteiger partial charge in [0, 0.05) is 21.5 Å². The summed E-state index contributed by atoms with van der Waals surface area (Å²) in [4.78, 5) is 17.0. The summed E-state index contributed by atoms with van der Waals surface area (Å²) in [5, 5.41) is 11.1. The van der Waals surface area contributed by atoms with Crippen molar-refractivity contribution in [2.75, 3.05) is 0 Å². The van der Waals surface area contributed by atoms with Crippen LogP contribution in [-0.2, 0) is 0 Å². The molecule has 0 saturated heterocycles. The molecule has 0 radical (unpaired) electrons. The molecule has 1 N–H and O–H groups in total. The van der Waals surface area contributed by atoms with Crippen molar-refractivity contribution in [3.05, 3.63) is 89.4 Å². The maximum absolute atomic E-state index is 12.2. The molecule has 0 saturated carbocycles. The number of hydrogen-bond acceptors (Lipinski definition) is 2. The average Bonchev–Trinajstić information content (AvgIpc) is 2.67. The number of pyridine rings is 1. The lowest BCUT2D eigenvalue weighted by molar-refractivity contribution is 0.0700. The summed E-state index contributed by atoms with van der Waals surface area (Å²) in [7, 11) is 0. The Morgan fingerprint density at radius 2 is 1.50 bits per heavy atom. The number of aromatic nitrogens is 1. The number of rotatable bonds is 3. The number of halogens is 1. The largest absolute Gasteiger partial charge is 0.478 e. The first-order chi connectivity index (χ1) is 12.7. The number of nitrogens with zero attached hydrogens (tertiary/aromatic N) is 1. The van der Waals surface area contributed by atoms with E-state index < -0.39 is 5.97 Å². The fourth-order valence-corrected chi connectivity index (χ4v) is 3.39. The third kappa shape index (κ3) is 2.72. The summed E-state index contributed by atoms with van der Waals surface area (Å²) in [6.45, 7) is 0. The van der Waals surface area contributed by atoms with Crippen molar-refractivity contribution in [1.82, 2.24) is 4.98 Å². The second kappa shape index (κ2) is 6.62. The fraction of sp³-hybridized carbons (Fsp3) is 0. The minimum Gasteiger partial charge on any atom is -0.478 e. The van der Waals surface area contributed by atoms with Crippen molar-refractivity contribution in [3.63, 3.8) is 0 Å². The van der Waals surface area contributed by atoms with Gasteiger partial charge in [-0.15, -0.1) is 0 Å². The first-order valence-electron chi connectivity index (χ1n) is 8.13. The van der Waals surface area contributed by atoms with Crippen LogP contribution in [-0.4, -0.2) is 16.1 Å². The number of carboxylic acid groups (broad SMARTS) is 1. The molecule has 3 nitrogen and oxygen atoms in total. The minimum atomic E-state index is -0.990. The molecule has 0 bridgehead atoms. The maximum Gasteiger partial charge on any atom is 0.337 e. The lowest BCUT2D eigenvalue weighted by atomic mass is 9.92. The van der Waals surface area contributed by atoms with Crippen LogP contribution >= 0.6 is 11.6 Å². The Hall–Kier alpha value is -3.17. The summed E-state index contributed by atoms with van der Waals surface area (Å²) < 4.78 is 0. The Morgan fingerprint density at radius 1 is 0.846 bits per heavy atom. The van der Waals surface area contributed by atoms with Crippen LogP contribution < -0.4 is 0 Å². The highest BCUT2D eigenvalue weighted by Crippen LogP contribution is 2.39. The van der Waals surface area contributed by atoms with Crippen LogP contribution in [0.1, 0.15) is 10.4 Å². The Kier molecular flexibility index (Phi) is 4.15. The Labute approximate surface area is 155 Å². The quantitative estimate of drug-likeness (QED) is 0.494. The number of aromatic carboxylic acids is 1. The second-order valence-electron chi connectivity index (χ2n) is 5.88. The monoisotopic (exact) mass is 359 g/mol. The number of carbonyl (C=O) groups is 1. The SMILES string of the molecule is O=C(O)c1c(-c2ccccc2)c(-c2ccccc2Cl)nc2ccccc12. The van der Waals surface area contributed by atoms with E-state index in [1.54, 1.807) is 12.1 Å². The van der Waals surface area contributed by atoms with E-state index in [1.807, 2.05) is 66.7 Å². The van der Waals surface area contributed by atoms with Gasteiger partial charge in [0.25, 0.3) is 0 Å². The van der Waals surface area contributed by atoms with Crippen LogP contribution in [0.2, 0.25) is 5.02 Å². The van der Waals surface area contributed by atoms with Gasteiger partial charge >= 0.3 is 5.97 Å². The molecule has 3 aromatic carbocycles. The van der Waals surface area contributed by atoms with Crippen molar-refractivity contribution in [2.24, 2.45) is 0 Å². The maximum atomic E-state index is 12.2. The number of carboxylic acids is 1. The summed E-state index contributed by atoms with van der Waals surface area (Å²) >= 11 is 6.41. The standard InChI is InChI=1S/C22H14ClNO2/c23-17-12-6-4-10-15(17)21-19(14-8-2-1-3-9-14)20(22(25)26)16-11-5-7-13-18(16)24-21/h1-13H,(H,25,26). The summed E-state index contributed by atoms with van der Waals surface area (Å²) in [6.07, 6.45) is 0. The van der Waals surface area contributed by atoms with Crippen LogP contribution in [0.25, 0.3) is 33.3 Å². The van der Waals surface area contributed by atoms with Gasteiger partial charge in [-0.25, -0.2) is 9.78 Å². The first kappa shape index (κ1) is 16.3. The molecule has 0 fully saturated rings. The zero-order chi connectivity index (χ0) is 18.1. The van der Waals surface area contributed by atoms with E-state index in [0.29, 0.717) is 32.7 Å². The Balaban J connectivity index is 2.20. The molecule has 0 spiro atoms. The van der Waals surface area contributed by atoms with Gasteiger partial charge in [-0.05, 0) is 17.7 Å². The molecule has 1 aromatic heterocycles. The number of benzene rings is 3. The van der Waals surface area contributed by atoms with Gasteiger partial charge in [-0.2, -0.15) is 0 Å². The van der Waals surface area contributed by atoms with E-state index in [2.05, 4.69) is 0 Å². The van der Waals surface area contributed by atoms with E-state index in [0.717, 1.165) is 5.56 Å². The summed E-state index contributed by atoms with van der Waals surface area (Å²) in [6, 6.07) is 24.1. The Bertz CT molecular complexity index is 1120. The van der Waals surface area contributed by atoms with Crippen molar-refractivity contribution in [3.8, 4) is 22.4 Å². The highest BCUT2D eigenvalue weighted by molar-refractivity contribution is 6.33. The lowest BCUT2D eigenvalue weighted by Gasteiger charge is -2.16. The lowest BCUT2D eigenvalue weighted by Crippen LogP contribution is -2.05. The highest BCUT2D eigenvalue weighted by atomic mass is 35.5. The zero-order valence-electron chi connectivity index (χ0n) is 13.7. The molecular formula is C22H14ClNO2. The Morgan fingerprint density at radius 3 is 2.23 bits per heavy atom. The summed E-state index contributed by atoms with van der Waals surface area (Å²) in [5.74, 6) is -0.990. The second-order valence-corrected chi connectivity index (χ2v) is 6.29. The van der Waals surface area contributed by atoms with E-state index in [4.69, 9.17) is 16.6 Å². The molecule has 126 valence electrons. The molecule has 1 heterocycles. The van der Waals surface area contributed by atoms with Gasteiger partial charge < -0.3 is 5.11 Å². The van der Waals surface area contributed by atoms with Crippen LogP contribution in [0.5, 0.6) is 0 Å². The molecule has 0 aliphatic heterocycles. The third-order valence-corrected chi connectivity index (χ3v) is 4.63. The normalized spacial score (nSPS) is 10.8. The molecule has 4 aromatic rings. The van der Waals surface area contributed by atoms with Crippen molar-refractivity contribution in [2.45, 2.75) is 0 Å². The topological polar surface area (TPSA) is 50.2 Å². The first-order valence-corrected chi connectivity index (χ1v) is 8.51. The van der Waals surface area contributed by atoms with Gasteiger partial charge in [-0.3, -0.25) is 0 Å². The van der Waals surface area contributed by atoms with E-state index in [1.165, 1.54) is 0 Å². The predicted molar refractivity (Wildman–Crippen MR) is 105 cm³/mol. The molecule has 4 rings (SSSR count). The highest BCUT2D eigenvalue weighted by Gasteiger charge is 2.23. The number of fused-ring (bicyclic) bond motifs is 1. The molecule has 0 unspecified atom stereocenters. The molecule has 26 heavy (non-hydrogen) atoms. The molecule has 0 atom stereocenters. The molecule has 0 aliphatic rings.